The second-order valence-corrected chi connectivity index (χ2v) is 5.72. The highest BCUT2D eigenvalue weighted by molar-refractivity contribution is 8.00. The number of aliphatic hydroxyl groups is 1. The molecule has 1 N–H and O–H groups in total. The second-order valence-electron chi connectivity index (χ2n) is 4.44. The summed E-state index contributed by atoms with van der Waals surface area (Å²) in [6.45, 7) is 0. The third kappa shape index (κ3) is 3.42. The zero-order valence-electron chi connectivity index (χ0n) is 9.53. The van der Waals surface area contributed by atoms with E-state index in [2.05, 4.69) is 0 Å². The fourth-order valence-corrected chi connectivity index (χ4v) is 3.39. The lowest BCUT2D eigenvalue weighted by Gasteiger charge is -2.19. The van der Waals surface area contributed by atoms with E-state index in [1.807, 2.05) is 0 Å². The summed E-state index contributed by atoms with van der Waals surface area (Å²) in [6, 6.07) is 3.46. The standard InChI is InChI=1S/C13H16F2OS/c14-9-6-7-10(15)13(8-9)17-12-5-3-1-2-4-11(12)16/h6-8,11-12,16H,1-5H2. The SMILES string of the molecule is OC1CCCCCC1Sc1cc(F)ccc1F. The molecule has 0 spiro atoms. The van der Waals surface area contributed by atoms with Crippen molar-refractivity contribution in [3.8, 4) is 0 Å². The fraction of sp³-hybridized carbons (Fsp3) is 0.538. The maximum Gasteiger partial charge on any atom is 0.136 e. The van der Waals surface area contributed by atoms with Crippen LogP contribution >= 0.6 is 11.8 Å². The maximum absolute atomic E-state index is 13.5. The normalized spacial score (nSPS) is 25.6. The molecule has 0 aromatic heterocycles. The molecule has 0 amide bonds. The first-order valence-electron chi connectivity index (χ1n) is 5.96. The van der Waals surface area contributed by atoms with E-state index in [1.165, 1.54) is 17.8 Å². The summed E-state index contributed by atoms with van der Waals surface area (Å²) in [4.78, 5) is 0.302. The molecule has 1 aromatic rings. The van der Waals surface area contributed by atoms with E-state index < -0.39 is 17.7 Å². The molecular formula is C13H16F2OS. The molecule has 2 unspecified atom stereocenters. The zero-order chi connectivity index (χ0) is 12.3. The van der Waals surface area contributed by atoms with Gasteiger partial charge in [-0.3, -0.25) is 0 Å². The van der Waals surface area contributed by atoms with E-state index in [1.54, 1.807) is 0 Å². The molecule has 0 saturated heterocycles. The molecule has 1 saturated carbocycles. The Labute approximate surface area is 104 Å². The molecule has 0 radical (unpaired) electrons. The Balaban J connectivity index is 2.10. The predicted octanol–water partition coefficient (Wildman–Crippen LogP) is 3.75. The van der Waals surface area contributed by atoms with Crippen LogP contribution in [-0.2, 0) is 0 Å². The summed E-state index contributed by atoms with van der Waals surface area (Å²) >= 11 is 1.26. The third-order valence-corrected chi connectivity index (χ3v) is 4.51. The highest BCUT2D eigenvalue weighted by Gasteiger charge is 2.23. The summed E-state index contributed by atoms with van der Waals surface area (Å²) in [5.41, 5.74) is 0. The molecule has 1 aliphatic rings. The minimum absolute atomic E-state index is 0.0196. The summed E-state index contributed by atoms with van der Waals surface area (Å²) in [6.07, 6.45) is 4.39. The summed E-state index contributed by atoms with van der Waals surface area (Å²) in [7, 11) is 0. The van der Waals surface area contributed by atoms with Crippen molar-refractivity contribution in [1.82, 2.24) is 0 Å². The van der Waals surface area contributed by atoms with Crippen molar-refractivity contribution in [3.63, 3.8) is 0 Å². The Bertz CT molecular complexity index is 384. The lowest BCUT2D eigenvalue weighted by Crippen LogP contribution is -2.21. The molecule has 0 aliphatic heterocycles. The van der Waals surface area contributed by atoms with Crippen LogP contribution in [0.25, 0.3) is 0 Å². The zero-order valence-corrected chi connectivity index (χ0v) is 10.4. The smallest absolute Gasteiger partial charge is 0.136 e. The molecule has 17 heavy (non-hydrogen) atoms. The van der Waals surface area contributed by atoms with Crippen LogP contribution in [0.4, 0.5) is 8.78 Å². The van der Waals surface area contributed by atoms with Gasteiger partial charge in [0.15, 0.2) is 0 Å². The molecular weight excluding hydrogens is 242 g/mol. The highest BCUT2D eigenvalue weighted by Crippen LogP contribution is 2.34. The molecule has 94 valence electrons. The molecule has 4 heteroatoms. The largest absolute Gasteiger partial charge is 0.392 e. The topological polar surface area (TPSA) is 20.2 Å². The number of halogens is 2. The molecule has 1 aromatic carbocycles. The average Bonchev–Trinajstić information content (AvgIpc) is 2.50. The van der Waals surface area contributed by atoms with Gasteiger partial charge in [0.25, 0.3) is 0 Å². The van der Waals surface area contributed by atoms with Crippen molar-refractivity contribution in [3.05, 3.63) is 29.8 Å². The van der Waals surface area contributed by atoms with Gasteiger partial charge in [0.1, 0.15) is 11.6 Å². The van der Waals surface area contributed by atoms with Gasteiger partial charge in [-0.1, -0.05) is 19.3 Å². The fourth-order valence-electron chi connectivity index (χ4n) is 2.12. The summed E-state index contributed by atoms with van der Waals surface area (Å²) in [5, 5.41) is 9.91. The lowest BCUT2D eigenvalue weighted by atomic mass is 10.1. The summed E-state index contributed by atoms with van der Waals surface area (Å²) < 4.78 is 26.5. The number of hydrogen-bond acceptors (Lipinski definition) is 2. The average molecular weight is 258 g/mol. The van der Waals surface area contributed by atoms with Crippen molar-refractivity contribution in [2.24, 2.45) is 0 Å². The van der Waals surface area contributed by atoms with Crippen LogP contribution in [0.15, 0.2) is 23.1 Å². The van der Waals surface area contributed by atoms with Crippen LogP contribution in [0.2, 0.25) is 0 Å². The van der Waals surface area contributed by atoms with Gasteiger partial charge >= 0.3 is 0 Å². The Hall–Kier alpha value is -0.610. The Morgan fingerprint density at radius 2 is 1.88 bits per heavy atom. The van der Waals surface area contributed by atoms with Crippen LogP contribution in [-0.4, -0.2) is 16.5 Å². The van der Waals surface area contributed by atoms with E-state index in [0.29, 0.717) is 4.90 Å². The molecule has 2 atom stereocenters. The number of thioether (sulfide) groups is 1. The Morgan fingerprint density at radius 1 is 1.12 bits per heavy atom. The minimum Gasteiger partial charge on any atom is -0.392 e. The quantitative estimate of drug-likeness (QED) is 0.815. The monoisotopic (exact) mass is 258 g/mol. The van der Waals surface area contributed by atoms with E-state index in [9.17, 15) is 13.9 Å². The van der Waals surface area contributed by atoms with Crippen LogP contribution in [0.1, 0.15) is 32.1 Å². The molecule has 0 heterocycles. The molecule has 0 bridgehead atoms. The van der Waals surface area contributed by atoms with Gasteiger partial charge in [0.05, 0.1) is 6.10 Å². The van der Waals surface area contributed by atoms with Crippen molar-refractivity contribution >= 4 is 11.8 Å². The van der Waals surface area contributed by atoms with E-state index in [-0.39, 0.29) is 5.25 Å². The maximum atomic E-state index is 13.5. The number of benzene rings is 1. The van der Waals surface area contributed by atoms with E-state index >= 15 is 0 Å². The van der Waals surface area contributed by atoms with Gasteiger partial charge in [-0.25, -0.2) is 8.78 Å². The van der Waals surface area contributed by atoms with Crippen molar-refractivity contribution in [2.45, 2.75) is 48.4 Å². The van der Waals surface area contributed by atoms with Crippen molar-refractivity contribution < 1.29 is 13.9 Å². The van der Waals surface area contributed by atoms with Crippen LogP contribution in [0.5, 0.6) is 0 Å². The lowest BCUT2D eigenvalue weighted by molar-refractivity contribution is 0.163. The predicted molar refractivity (Wildman–Crippen MR) is 65.1 cm³/mol. The van der Waals surface area contributed by atoms with Crippen molar-refractivity contribution in [1.29, 1.82) is 0 Å². The first-order valence-corrected chi connectivity index (χ1v) is 6.84. The van der Waals surface area contributed by atoms with Gasteiger partial charge in [0.2, 0.25) is 0 Å². The van der Waals surface area contributed by atoms with Crippen LogP contribution < -0.4 is 0 Å². The second kappa shape index (κ2) is 5.83. The van der Waals surface area contributed by atoms with Gasteiger partial charge in [-0.2, -0.15) is 0 Å². The number of aliphatic hydroxyl groups excluding tert-OH is 1. The first kappa shape index (κ1) is 12.8. The summed E-state index contributed by atoms with van der Waals surface area (Å²) in [5.74, 6) is -0.843. The highest BCUT2D eigenvalue weighted by atomic mass is 32.2. The molecule has 2 rings (SSSR count). The van der Waals surface area contributed by atoms with Crippen LogP contribution in [0, 0.1) is 11.6 Å². The van der Waals surface area contributed by atoms with Crippen LogP contribution in [0.3, 0.4) is 0 Å². The van der Waals surface area contributed by atoms with Gasteiger partial charge in [-0.15, -0.1) is 11.8 Å². The Morgan fingerprint density at radius 3 is 2.71 bits per heavy atom. The van der Waals surface area contributed by atoms with Gasteiger partial charge < -0.3 is 5.11 Å². The first-order chi connectivity index (χ1) is 8.16. The van der Waals surface area contributed by atoms with Crippen molar-refractivity contribution in [2.75, 3.05) is 0 Å². The van der Waals surface area contributed by atoms with Gasteiger partial charge in [-0.05, 0) is 31.0 Å². The minimum atomic E-state index is -0.433. The molecule has 1 fully saturated rings. The molecule has 1 aliphatic carbocycles. The third-order valence-electron chi connectivity index (χ3n) is 3.09. The van der Waals surface area contributed by atoms with E-state index in [4.69, 9.17) is 0 Å². The van der Waals surface area contributed by atoms with E-state index in [0.717, 1.165) is 44.2 Å². The van der Waals surface area contributed by atoms with Gasteiger partial charge in [0, 0.05) is 10.1 Å². The molecule has 1 nitrogen and oxygen atoms in total. The Kier molecular flexibility index (Phi) is 4.40. The number of hydrogen-bond donors (Lipinski definition) is 1. The number of rotatable bonds is 2.